The number of hydrogen-bond donors (Lipinski definition) is 0. The molecule has 0 spiro atoms. The molecule has 0 saturated carbocycles. The van der Waals surface area contributed by atoms with E-state index in [9.17, 15) is 39.2 Å². The predicted molar refractivity (Wildman–Crippen MR) is 64.2 cm³/mol. The van der Waals surface area contributed by atoms with Crippen molar-refractivity contribution in [1.82, 2.24) is 0 Å². The van der Waals surface area contributed by atoms with Crippen LogP contribution in [-0.2, 0) is 15.6 Å². The van der Waals surface area contributed by atoms with Crippen LogP contribution in [0.15, 0.2) is 41.6 Å². The molecule has 124 valence electrons. The minimum Gasteiger partial charge on any atom is -0.224 e. The molecule has 0 fully saturated rings. The van der Waals surface area contributed by atoms with Gasteiger partial charge in [0.2, 0.25) is 0 Å². The first-order valence-corrected chi connectivity index (χ1v) is 7.30. The Morgan fingerprint density at radius 1 is 1.09 bits per heavy atom. The summed E-state index contributed by atoms with van der Waals surface area (Å²) in [5, 5.41) is -0.754. The van der Waals surface area contributed by atoms with Gasteiger partial charge in [0.25, 0.3) is 0 Å². The van der Waals surface area contributed by atoms with Gasteiger partial charge in [-0.3, -0.25) is 0 Å². The lowest BCUT2D eigenvalue weighted by atomic mass is 10.1. The highest BCUT2D eigenvalue weighted by Gasteiger charge is 2.66. The number of sulfone groups is 1. The molecule has 2 nitrogen and oxygen atoms in total. The Morgan fingerprint density at radius 3 is 2.05 bits per heavy atom. The van der Waals surface area contributed by atoms with Crippen molar-refractivity contribution >= 4 is 9.84 Å². The second-order valence-corrected chi connectivity index (χ2v) is 6.11. The van der Waals surface area contributed by atoms with E-state index >= 15 is 0 Å². The van der Waals surface area contributed by atoms with Crippen LogP contribution in [0, 0.1) is 0 Å². The fourth-order valence-electron chi connectivity index (χ4n) is 1.38. The van der Waals surface area contributed by atoms with E-state index in [0.29, 0.717) is 0 Å². The summed E-state index contributed by atoms with van der Waals surface area (Å²) in [4.78, 5) is 0. The van der Waals surface area contributed by atoms with E-state index in [1.54, 1.807) is 0 Å². The van der Waals surface area contributed by atoms with Crippen molar-refractivity contribution in [3.05, 3.63) is 47.1 Å². The zero-order valence-electron chi connectivity index (χ0n) is 10.6. The number of hydrogen-bond acceptors (Lipinski definition) is 2. The molecule has 0 aromatic heterocycles. The molecule has 22 heavy (non-hydrogen) atoms. The maximum atomic E-state index is 13.2. The van der Waals surface area contributed by atoms with Gasteiger partial charge in [-0.2, -0.15) is 17.6 Å². The van der Waals surface area contributed by atoms with E-state index in [2.05, 4.69) is 0 Å². The van der Waals surface area contributed by atoms with Crippen molar-refractivity contribution in [3.63, 3.8) is 0 Å². The van der Waals surface area contributed by atoms with Crippen LogP contribution < -0.4 is 0 Å². The molecule has 0 aliphatic rings. The summed E-state index contributed by atoms with van der Waals surface area (Å²) >= 11 is 0. The van der Waals surface area contributed by atoms with Gasteiger partial charge in [-0.1, -0.05) is 30.3 Å². The van der Waals surface area contributed by atoms with Crippen LogP contribution in [0.3, 0.4) is 0 Å². The Hall–Kier alpha value is -1.58. The minimum atomic E-state index is -6.03. The van der Waals surface area contributed by atoms with E-state index in [4.69, 9.17) is 0 Å². The highest BCUT2D eigenvalue weighted by Crippen LogP contribution is 2.44. The quantitative estimate of drug-likeness (QED) is 0.728. The van der Waals surface area contributed by atoms with Crippen LogP contribution in [0.25, 0.3) is 0 Å². The van der Waals surface area contributed by atoms with Crippen LogP contribution in [-0.4, -0.2) is 26.7 Å². The third-order valence-corrected chi connectivity index (χ3v) is 3.79. The summed E-state index contributed by atoms with van der Waals surface area (Å²) < 4.78 is 111. The maximum absolute atomic E-state index is 13.2. The van der Waals surface area contributed by atoms with E-state index in [-0.39, 0.29) is 5.56 Å². The van der Waals surface area contributed by atoms with Crippen LogP contribution in [0.1, 0.15) is 5.56 Å². The molecule has 0 heterocycles. The predicted octanol–water partition coefficient (Wildman–Crippen LogP) is 3.95. The first-order valence-electron chi connectivity index (χ1n) is 5.58. The van der Waals surface area contributed by atoms with Crippen LogP contribution in [0.2, 0.25) is 0 Å². The molecule has 0 amide bonds. The number of rotatable bonds is 6. The maximum Gasteiger partial charge on any atom is 0.375 e. The average molecular weight is 350 g/mol. The van der Waals surface area contributed by atoms with E-state index < -0.39 is 45.1 Å². The van der Waals surface area contributed by atoms with Gasteiger partial charge in [-0.05, 0) is 5.56 Å². The van der Waals surface area contributed by atoms with Gasteiger partial charge in [0.05, 0.1) is 11.2 Å². The van der Waals surface area contributed by atoms with Crippen molar-refractivity contribution in [1.29, 1.82) is 0 Å². The van der Waals surface area contributed by atoms with Gasteiger partial charge in [-0.15, -0.1) is 0 Å². The lowest BCUT2D eigenvalue weighted by molar-refractivity contribution is -0.252. The van der Waals surface area contributed by atoms with E-state index in [0.717, 1.165) is 0 Å². The Bertz CT molecular complexity index is 639. The van der Waals surface area contributed by atoms with Gasteiger partial charge >= 0.3 is 18.3 Å². The average Bonchev–Trinajstić information content (AvgIpc) is 2.38. The molecular weight excluding hydrogens is 341 g/mol. The van der Waals surface area contributed by atoms with Crippen LogP contribution in [0.4, 0.5) is 30.7 Å². The minimum absolute atomic E-state index is 0.0792. The first-order chi connectivity index (χ1) is 9.90. The molecule has 1 aromatic carbocycles. The standard InChI is InChI=1S/C12H9F7O2S/c13-9(11(16,17)12(18,19)10(14)15)7-22(20,21)6-8-4-2-1-3-5-8/h1-5,7,10H,6H2/b9-7-. The van der Waals surface area contributed by atoms with Gasteiger partial charge in [0, 0.05) is 0 Å². The Balaban J connectivity index is 3.10. The Labute approximate surface area is 121 Å². The molecule has 0 atom stereocenters. The largest absolute Gasteiger partial charge is 0.375 e. The normalized spacial score (nSPS) is 14.5. The number of halogens is 7. The summed E-state index contributed by atoms with van der Waals surface area (Å²) in [5.41, 5.74) is 0.0792. The lowest BCUT2D eigenvalue weighted by Gasteiger charge is -2.24. The fraction of sp³-hybridized carbons (Fsp3) is 0.333. The summed E-state index contributed by atoms with van der Waals surface area (Å²) in [6.07, 6.45) is -4.86. The first kappa shape index (κ1) is 18.5. The summed E-state index contributed by atoms with van der Waals surface area (Å²) in [6, 6.07) is 6.88. The molecule has 1 aromatic rings. The molecule has 0 radical (unpaired) electrons. The number of benzene rings is 1. The zero-order chi connectivity index (χ0) is 17.2. The molecule has 0 bridgehead atoms. The fourth-order valence-corrected chi connectivity index (χ4v) is 2.58. The van der Waals surface area contributed by atoms with Crippen molar-refractivity contribution in [2.45, 2.75) is 24.0 Å². The molecule has 10 heteroatoms. The third-order valence-electron chi connectivity index (χ3n) is 2.49. The summed E-state index contributed by atoms with van der Waals surface area (Å²) in [7, 11) is -4.70. The van der Waals surface area contributed by atoms with Crippen molar-refractivity contribution < 1.29 is 39.2 Å². The summed E-state index contributed by atoms with van der Waals surface area (Å²) in [6.45, 7) is 0. The third kappa shape index (κ3) is 3.99. The smallest absolute Gasteiger partial charge is 0.224 e. The van der Waals surface area contributed by atoms with Crippen molar-refractivity contribution in [2.75, 3.05) is 0 Å². The van der Waals surface area contributed by atoms with Gasteiger partial charge in [0.1, 0.15) is 0 Å². The number of allylic oxidation sites excluding steroid dienone is 1. The highest BCUT2D eigenvalue weighted by molar-refractivity contribution is 7.93. The molecule has 0 aliphatic heterocycles. The van der Waals surface area contributed by atoms with E-state index in [1.807, 2.05) is 0 Å². The molecule has 0 N–H and O–H groups in total. The van der Waals surface area contributed by atoms with Crippen molar-refractivity contribution in [3.8, 4) is 0 Å². The topological polar surface area (TPSA) is 34.1 Å². The summed E-state index contributed by atoms with van der Waals surface area (Å²) in [5.74, 6) is -16.1. The second kappa shape index (κ2) is 6.27. The van der Waals surface area contributed by atoms with Crippen LogP contribution >= 0.6 is 0 Å². The monoisotopic (exact) mass is 350 g/mol. The van der Waals surface area contributed by atoms with Gasteiger partial charge in [-0.25, -0.2) is 21.6 Å². The number of alkyl halides is 6. The second-order valence-electron chi connectivity index (χ2n) is 4.26. The molecular formula is C12H9F7O2S. The van der Waals surface area contributed by atoms with E-state index in [1.165, 1.54) is 30.3 Å². The van der Waals surface area contributed by atoms with Crippen LogP contribution in [0.5, 0.6) is 0 Å². The van der Waals surface area contributed by atoms with Gasteiger partial charge < -0.3 is 0 Å². The molecule has 0 saturated heterocycles. The lowest BCUT2D eigenvalue weighted by Crippen LogP contribution is -2.47. The SMILES string of the molecule is O=S(=O)(/C=C(\F)C(F)(F)C(F)(F)C(F)F)Cc1ccccc1. The van der Waals surface area contributed by atoms with Crippen molar-refractivity contribution in [2.24, 2.45) is 0 Å². The molecule has 0 aliphatic carbocycles. The van der Waals surface area contributed by atoms with Gasteiger partial charge in [0.15, 0.2) is 15.7 Å². The molecule has 1 rings (SSSR count). The zero-order valence-corrected chi connectivity index (χ0v) is 11.4. The Kier molecular flexibility index (Phi) is 5.26. The Morgan fingerprint density at radius 2 is 1.59 bits per heavy atom. The highest BCUT2D eigenvalue weighted by atomic mass is 32.2. The molecule has 0 unspecified atom stereocenters.